The van der Waals surface area contributed by atoms with E-state index in [0.29, 0.717) is 5.69 Å². The van der Waals surface area contributed by atoms with E-state index >= 15 is 0 Å². The van der Waals surface area contributed by atoms with Crippen molar-refractivity contribution in [3.63, 3.8) is 0 Å². The molecule has 1 heterocycles. The largest absolute Gasteiger partial charge is 0.508 e. The average Bonchev–Trinajstić information content (AvgIpc) is 2.86. The van der Waals surface area contributed by atoms with Crippen molar-refractivity contribution in [1.82, 2.24) is 15.1 Å². The SMILES string of the molecule is Cn1nccc1C(=O)N[C@@H](Cc1ccc(O)cc1)C(N)=O. The molecule has 0 radical (unpaired) electrons. The molecule has 2 aromatic rings. The quantitative estimate of drug-likeness (QED) is 0.716. The summed E-state index contributed by atoms with van der Waals surface area (Å²) >= 11 is 0. The number of hydrogen-bond acceptors (Lipinski definition) is 4. The second-order valence-electron chi connectivity index (χ2n) is 4.64. The van der Waals surface area contributed by atoms with Crippen LogP contribution in [0.3, 0.4) is 0 Å². The van der Waals surface area contributed by atoms with Crippen LogP contribution in [0.25, 0.3) is 0 Å². The minimum atomic E-state index is -0.836. The van der Waals surface area contributed by atoms with Crippen LogP contribution in [0.15, 0.2) is 36.5 Å². The number of carbonyl (C=O) groups excluding carboxylic acids is 2. The van der Waals surface area contributed by atoms with Crippen LogP contribution in [0.5, 0.6) is 5.75 Å². The molecule has 0 aliphatic heterocycles. The van der Waals surface area contributed by atoms with Crippen molar-refractivity contribution in [2.75, 3.05) is 0 Å². The van der Waals surface area contributed by atoms with Crippen molar-refractivity contribution in [3.05, 3.63) is 47.8 Å². The summed E-state index contributed by atoms with van der Waals surface area (Å²) < 4.78 is 1.41. The van der Waals surface area contributed by atoms with Gasteiger partial charge in [0, 0.05) is 19.7 Å². The molecule has 2 rings (SSSR count). The summed E-state index contributed by atoms with van der Waals surface area (Å²) in [5, 5.41) is 15.7. The number of aromatic nitrogens is 2. The van der Waals surface area contributed by atoms with E-state index in [2.05, 4.69) is 10.4 Å². The molecular weight excluding hydrogens is 272 g/mol. The maximum atomic E-state index is 12.1. The van der Waals surface area contributed by atoms with E-state index in [1.54, 1.807) is 25.2 Å². The van der Waals surface area contributed by atoms with Crippen molar-refractivity contribution in [1.29, 1.82) is 0 Å². The third-order valence-corrected chi connectivity index (χ3v) is 3.08. The maximum absolute atomic E-state index is 12.1. The lowest BCUT2D eigenvalue weighted by atomic mass is 10.1. The molecule has 0 aliphatic rings. The zero-order chi connectivity index (χ0) is 15.4. The van der Waals surface area contributed by atoms with Crippen LogP contribution in [-0.4, -0.2) is 32.7 Å². The lowest BCUT2D eigenvalue weighted by molar-refractivity contribution is -0.119. The second-order valence-corrected chi connectivity index (χ2v) is 4.64. The Bertz CT molecular complexity index is 648. The predicted octanol–water partition coefficient (Wildman–Crippen LogP) is -0.0479. The van der Waals surface area contributed by atoms with Gasteiger partial charge in [-0.25, -0.2) is 0 Å². The van der Waals surface area contributed by atoms with Crippen molar-refractivity contribution >= 4 is 11.8 Å². The number of nitrogens with zero attached hydrogens (tertiary/aromatic N) is 2. The number of primary amides is 1. The number of nitrogens with two attached hydrogens (primary N) is 1. The van der Waals surface area contributed by atoms with Gasteiger partial charge < -0.3 is 16.2 Å². The van der Waals surface area contributed by atoms with Crippen LogP contribution < -0.4 is 11.1 Å². The summed E-state index contributed by atoms with van der Waals surface area (Å²) in [5.41, 5.74) is 6.45. The Kier molecular flexibility index (Phi) is 4.22. The highest BCUT2D eigenvalue weighted by Gasteiger charge is 2.20. The molecule has 1 aromatic heterocycles. The third kappa shape index (κ3) is 3.59. The molecule has 1 atom stereocenters. The van der Waals surface area contributed by atoms with Crippen LogP contribution in [0.4, 0.5) is 0 Å². The maximum Gasteiger partial charge on any atom is 0.270 e. The zero-order valence-electron chi connectivity index (χ0n) is 11.5. The number of phenols is 1. The van der Waals surface area contributed by atoms with Crippen molar-refractivity contribution in [2.24, 2.45) is 12.8 Å². The smallest absolute Gasteiger partial charge is 0.270 e. The highest BCUT2D eigenvalue weighted by atomic mass is 16.3. The Morgan fingerprint density at radius 2 is 2.00 bits per heavy atom. The molecule has 2 amide bonds. The zero-order valence-corrected chi connectivity index (χ0v) is 11.5. The van der Waals surface area contributed by atoms with Gasteiger partial charge in [-0.05, 0) is 23.8 Å². The topological polar surface area (TPSA) is 110 Å². The van der Waals surface area contributed by atoms with Crippen LogP contribution in [0, 0.1) is 0 Å². The first-order valence-electron chi connectivity index (χ1n) is 6.33. The molecule has 7 heteroatoms. The molecule has 1 aromatic carbocycles. The normalized spacial score (nSPS) is 11.9. The van der Waals surface area contributed by atoms with Gasteiger partial charge in [0.2, 0.25) is 5.91 Å². The molecule has 7 nitrogen and oxygen atoms in total. The van der Waals surface area contributed by atoms with E-state index < -0.39 is 17.9 Å². The molecule has 110 valence electrons. The number of hydrogen-bond donors (Lipinski definition) is 3. The van der Waals surface area contributed by atoms with Gasteiger partial charge in [-0.1, -0.05) is 12.1 Å². The Hall–Kier alpha value is -2.83. The lowest BCUT2D eigenvalue weighted by Gasteiger charge is -2.15. The molecule has 0 spiro atoms. The second kappa shape index (κ2) is 6.08. The first-order valence-corrected chi connectivity index (χ1v) is 6.33. The molecule has 21 heavy (non-hydrogen) atoms. The summed E-state index contributed by atoms with van der Waals surface area (Å²) in [6, 6.07) is 7.07. The Balaban J connectivity index is 2.09. The number of carbonyl (C=O) groups is 2. The number of rotatable bonds is 5. The number of aryl methyl sites for hydroxylation is 1. The first-order chi connectivity index (χ1) is 9.97. The van der Waals surface area contributed by atoms with Crippen LogP contribution in [0.1, 0.15) is 16.1 Å². The van der Waals surface area contributed by atoms with E-state index in [1.807, 2.05) is 0 Å². The monoisotopic (exact) mass is 288 g/mol. The fourth-order valence-corrected chi connectivity index (χ4v) is 1.92. The fourth-order valence-electron chi connectivity index (χ4n) is 1.92. The van der Waals surface area contributed by atoms with Gasteiger partial charge in [0.1, 0.15) is 17.5 Å². The minimum Gasteiger partial charge on any atom is -0.508 e. The van der Waals surface area contributed by atoms with Gasteiger partial charge in [0.15, 0.2) is 0 Å². The van der Waals surface area contributed by atoms with Crippen LogP contribution in [0.2, 0.25) is 0 Å². The Morgan fingerprint density at radius 1 is 1.33 bits per heavy atom. The number of nitrogens with one attached hydrogen (secondary N) is 1. The summed E-state index contributed by atoms with van der Waals surface area (Å²) in [6.07, 6.45) is 1.74. The minimum absolute atomic E-state index is 0.133. The molecule has 4 N–H and O–H groups in total. The average molecular weight is 288 g/mol. The number of phenolic OH excluding ortho intramolecular Hbond substituents is 1. The van der Waals surface area contributed by atoms with Crippen molar-refractivity contribution in [3.8, 4) is 5.75 Å². The van der Waals surface area contributed by atoms with E-state index in [1.165, 1.54) is 23.0 Å². The van der Waals surface area contributed by atoms with E-state index in [9.17, 15) is 14.7 Å². The number of amides is 2. The summed E-state index contributed by atoms with van der Waals surface area (Å²) in [4.78, 5) is 23.6. The van der Waals surface area contributed by atoms with E-state index in [0.717, 1.165) is 5.56 Å². The van der Waals surface area contributed by atoms with Gasteiger partial charge >= 0.3 is 0 Å². The van der Waals surface area contributed by atoms with E-state index in [-0.39, 0.29) is 12.2 Å². The van der Waals surface area contributed by atoms with Gasteiger partial charge in [0.05, 0.1) is 0 Å². The van der Waals surface area contributed by atoms with Gasteiger partial charge in [-0.2, -0.15) is 5.10 Å². The molecule has 0 bridgehead atoms. The Labute approximate surface area is 121 Å². The number of aromatic hydroxyl groups is 1. The van der Waals surface area contributed by atoms with E-state index in [4.69, 9.17) is 5.73 Å². The molecule has 0 aliphatic carbocycles. The third-order valence-electron chi connectivity index (χ3n) is 3.08. The molecule has 0 unspecified atom stereocenters. The van der Waals surface area contributed by atoms with Crippen LogP contribution >= 0.6 is 0 Å². The van der Waals surface area contributed by atoms with Crippen molar-refractivity contribution < 1.29 is 14.7 Å². The fraction of sp³-hybridized carbons (Fsp3) is 0.214. The molecule has 0 fully saturated rings. The first kappa shape index (κ1) is 14.6. The number of benzene rings is 1. The molecular formula is C14H16N4O3. The summed E-state index contributed by atoms with van der Waals surface area (Å²) in [5.74, 6) is -0.913. The Morgan fingerprint density at radius 3 is 2.52 bits per heavy atom. The summed E-state index contributed by atoms with van der Waals surface area (Å²) in [6.45, 7) is 0. The van der Waals surface area contributed by atoms with Gasteiger partial charge in [-0.3, -0.25) is 14.3 Å². The highest BCUT2D eigenvalue weighted by molar-refractivity contribution is 5.96. The molecule has 0 saturated heterocycles. The standard InChI is InChI=1S/C14H16N4O3/c1-18-12(6-7-16-18)14(21)17-11(13(15)20)8-9-2-4-10(19)5-3-9/h2-7,11,19H,8H2,1H3,(H2,15,20)(H,17,21)/t11-/m0/s1. The lowest BCUT2D eigenvalue weighted by Crippen LogP contribution is -2.46. The molecule has 0 saturated carbocycles. The highest BCUT2D eigenvalue weighted by Crippen LogP contribution is 2.11. The van der Waals surface area contributed by atoms with Gasteiger partial charge in [-0.15, -0.1) is 0 Å². The van der Waals surface area contributed by atoms with Crippen molar-refractivity contribution in [2.45, 2.75) is 12.5 Å². The van der Waals surface area contributed by atoms with Crippen LogP contribution in [-0.2, 0) is 18.3 Å². The predicted molar refractivity (Wildman–Crippen MR) is 75.5 cm³/mol. The van der Waals surface area contributed by atoms with Gasteiger partial charge in [0.25, 0.3) is 5.91 Å². The summed E-state index contributed by atoms with van der Waals surface area (Å²) in [7, 11) is 1.63.